The number of halogens is 1. The average Bonchev–Trinajstić information content (AvgIpc) is 2.64. The van der Waals surface area contributed by atoms with Gasteiger partial charge in [0, 0.05) is 5.54 Å². The maximum Gasteiger partial charge on any atom is 0.264 e. The number of hydrogen-bond donors (Lipinski definition) is 1. The molecule has 1 amide bonds. The van der Waals surface area contributed by atoms with Gasteiger partial charge in [0.1, 0.15) is 18.1 Å². The number of ether oxygens (including phenoxy) is 1. The molecule has 1 N–H and O–H groups in total. The normalized spacial score (nSPS) is 12.4. The standard InChI is InChI=1S/C23H31FN2O4S/c1-22(2,3)16-23(4,5)25-21(27)15-26(18-9-7-17(24)8-10-18)31(28,29)20-13-11-19(30-6)12-14-20/h7-14H,15-16H2,1-6H3,(H,25,27). The van der Waals surface area contributed by atoms with E-state index >= 15 is 0 Å². The van der Waals surface area contributed by atoms with E-state index < -0.39 is 33.8 Å². The van der Waals surface area contributed by atoms with Crippen LogP contribution in [0, 0.1) is 11.2 Å². The van der Waals surface area contributed by atoms with Gasteiger partial charge in [0.2, 0.25) is 5.91 Å². The molecule has 31 heavy (non-hydrogen) atoms. The molecular formula is C23H31FN2O4S. The number of carbonyl (C=O) groups is 1. The van der Waals surface area contributed by atoms with Crippen LogP contribution in [0.15, 0.2) is 53.4 Å². The molecule has 0 aromatic heterocycles. The monoisotopic (exact) mass is 450 g/mol. The van der Waals surface area contributed by atoms with Crippen LogP contribution in [-0.4, -0.2) is 33.5 Å². The summed E-state index contributed by atoms with van der Waals surface area (Å²) in [7, 11) is -2.60. The zero-order valence-corrected chi connectivity index (χ0v) is 19.7. The Morgan fingerprint density at radius 1 is 1.00 bits per heavy atom. The lowest BCUT2D eigenvalue weighted by Gasteiger charge is -2.34. The van der Waals surface area contributed by atoms with E-state index in [2.05, 4.69) is 26.1 Å². The van der Waals surface area contributed by atoms with E-state index in [1.54, 1.807) is 0 Å². The molecular weight excluding hydrogens is 419 g/mol. The average molecular weight is 451 g/mol. The van der Waals surface area contributed by atoms with E-state index in [1.165, 1.54) is 43.5 Å². The van der Waals surface area contributed by atoms with Crippen molar-refractivity contribution in [3.8, 4) is 5.75 Å². The second-order valence-corrected chi connectivity index (χ2v) is 11.2. The number of carbonyl (C=O) groups excluding carboxylic acids is 1. The number of hydrogen-bond acceptors (Lipinski definition) is 4. The van der Waals surface area contributed by atoms with Gasteiger partial charge >= 0.3 is 0 Å². The minimum atomic E-state index is -4.08. The minimum absolute atomic E-state index is 0.000577. The summed E-state index contributed by atoms with van der Waals surface area (Å²) in [5.74, 6) is -0.439. The van der Waals surface area contributed by atoms with Crippen molar-refractivity contribution in [3.63, 3.8) is 0 Å². The van der Waals surface area contributed by atoms with Gasteiger partial charge in [-0.05, 0) is 74.2 Å². The number of anilines is 1. The van der Waals surface area contributed by atoms with Crippen molar-refractivity contribution in [3.05, 3.63) is 54.3 Å². The molecule has 0 aliphatic heterocycles. The highest BCUT2D eigenvalue weighted by atomic mass is 32.2. The van der Waals surface area contributed by atoms with Crippen LogP contribution in [0.1, 0.15) is 41.0 Å². The van der Waals surface area contributed by atoms with Crippen LogP contribution in [0.4, 0.5) is 10.1 Å². The fourth-order valence-corrected chi connectivity index (χ4v) is 5.14. The third-order valence-corrected chi connectivity index (χ3v) is 6.29. The molecule has 0 heterocycles. The maximum atomic E-state index is 13.4. The predicted molar refractivity (Wildman–Crippen MR) is 120 cm³/mol. The summed E-state index contributed by atoms with van der Waals surface area (Å²) in [6.45, 7) is 9.57. The van der Waals surface area contributed by atoms with Crippen LogP contribution >= 0.6 is 0 Å². The van der Waals surface area contributed by atoms with Crippen LogP contribution < -0.4 is 14.4 Å². The fourth-order valence-electron chi connectivity index (χ4n) is 3.71. The summed E-state index contributed by atoms with van der Waals surface area (Å²) >= 11 is 0. The number of rotatable bonds is 8. The Kier molecular flexibility index (Phi) is 7.36. The Morgan fingerprint density at radius 2 is 1.55 bits per heavy atom. The molecule has 8 heteroatoms. The summed E-state index contributed by atoms with van der Waals surface area (Å²) < 4.78 is 46.2. The zero-order valence-electron chi connectivity index (χ0n) is 18.9. The van der Waals surface area contributed by atoms with Crippen molar-refractivity contribution >= 4 is 21.6 Å². The number of amides is 1. The van der Waals surface area contributed by atoms with Gasteiger partial charge in [-0.25, -0.2) is 12.8 Å². The summed E-state index contributed by atoms with van der Waals surface area (Å²) in [6, 6.07) is 10.9. The van der Waals surface area contributed by atoms with Crippen molar-refractivity contribution in [1.82, 2.24) is 5.32 Å². The van der Waals surface area contributed by atoms with Gasteiger partial charge in [-0.1, -0.05) is 20.8 Å². The molecule has 2 rings (SSSR count). The highest BCUT2D eigenvalue weighted by Gasteiger charge is 2.31. The lowest BCUT2D eigenvalue weighted by molar-refractivity contribution is -0.121. The first-order valence-corrected chi connectivity index (χ1v) is 11.4. The number of nitrogens with one attached hydrogen (secondary N) is 1. The first kappa shape index (κ1) is 24.7. The quantitative estimate of drug-likeness (QED) is 0.648. The molecule has 2 aromatic carbocycles. The van der Waals surface area contributed by atoms with Gasteiger partial charge in [0.25, 0.3) is 10.0 Å². The number of methoxy groups -OCH3 is 1. The molecule has 0 saturated heterocycles. The Labute approximate surface area is 184 Å². The SMILES string of the molecule is COc1ccc(S(=O)(=O)N(CC(=O)NC(C)(C)CC(C)(C)C)c2ccc(F)cc2)cc1. The van der Waals surface area contributed by atoms with Gasteiger partial charge in [-0.15, -0.1) is 0 Å². The molecule has 0 atom stereocenters. The van der Waals surface area contributed by atoms with E-state index in [0.717, 1.165) is 16.4 Å². The second kappa shape index (κ2) is 9.26. The Balaban J connectivity index is 2.37. The van der Waals surface area contributed by atoms with E-state index in [9.17, 15) is 17.6 Å². The van der Waals surface area contributed by atoms with Gasteiger partial charge in [-0.2, -0.15) is 0 Å². The summed E-state index contributed by atoms with van der Waals surface area (Å²) in [5, 5.41) is 2.93. The number of sulfonamides is 1. The largest absolute Gasteiger partial charge is 0.497 e. The van der Waals surface area contributed by atoms with Crippen molar-refractivity contribution < 1.29 is 22.3 Å². The Morgan fingerprint density at radius 3 is 2.03 bits per heavy atom. The molecule has 170 valence electrons. The summed E-state index contributed by atoms with van der Waals surface area (Å²) in [4.78, 5) is 12.9. The van der Waals surface area contributed by atoms with Crippen molar-refractivity contribution in [2.24, 2.45) is 5.41 Å². The molecule has 0 fully saturated rings. The third kappa shape index (κ3) is 6.95. The smallest absolute Gasteiger partial charge is 0.264 e. The molecule has 0 aliphatic carbocycles. The van der Waals surface area contributed by atoms with Crippen molar-refractivity contribution in [2.45, 2.75) is 51.5 Å². The molecule has 0 aliphatic rings. The maximum absolute atomic E-state index is 13.4. The number of benzene rings is 2. The minimum Gasteiger partial charge on any atom is -0.497 e. The van der Waals surface area contributed by atoms with E-state index in [-0.39, 0.29) is 16.0 Å². The molecule has 0 unspecified atom stereocenters. The zero-order chi connectivity index (χ0) is 23.4. The third-order valence-electron chi connectivity index (χ3n) is 4.50. The van der Waals surface area contributed by atoms with Crippen LogP contribution in [0.2, 0.25) is 0 Å². The fraction of sp³-hybridized carbons (Fsp3) is 0.435. The van der Waals surface area contributed by atoms with Crippen LogP contribution in [0.5, 0.6) is 5.75 Å². The first-order valence-electron chi connectivity index (χ1n) is 9.97. The van der Waals surface area contributed by atoms with Gasteiger partial charge in [0.15, 0.2) is 0 Å². The molecule has 2 aromatic rings. The topological polar surface area (TPSA) is 75.7 Å². The van der Waals surface area contributed by atoms with Crippen molar-refractivity contribution in [1.29, 1.82) is 0 Å². The first-order chi connectivity index (χ1) is 14.2. The molecule has 6 nitrogen and oxygen atoms in total. The van der Waals surface area contributed by atoms with E-state index in [1.807, 2.05) is 13.8 Å². The highest BCUT2D eigenvalue weighted by molar-refractivity contribution is 7.92. The number of nitrogens with zero attached hydrogens (tertiary/aromatic N) is 1. The second-order valence-electron chi connectivity index (χ2n) is 9.33. The van der Waals surface area contributed by atoms with Crippen LogP contribution in [0.3, 0.4) is 0 Å². The molecule has 0 saturated carbocycles. The summed E-state index contributed by atoms with van der Waals surface area (Å²) in [5.41, 5.74) is -0.364. The van der Waals surface area contributed by atoms with Gasteiger partial charge in [0.05, 0.1) is 17.7 Å². The Hall–Kier alpha value is -2.61. The lowest BCUT2D eigenvalue weighted by atomic mass is 9.82. The van der Waals surface area contributed by atoms with Gasteiger partial charge in [-0.3, -0.25) is 9.10 Å². The van der Waals surface area contributed by atoms with Crippen molar-refractivity contribution in [2.75, 3.05) is 18.0 Å². The predicted octanol–water partition coefficient (Wildman–Crippen LogP) is 4.36. The van der Waals surface area contributed by atoms with Gasteiger partial charge < -0.3 is 10.1 Å². The molecule has 0 radical (unpaired) electrons. The van der Waals surface area contributed by atoms with Crippen LogP contribution in [0.25, 0.3) is 0 Å². The van der Waals surface area contributed by atoms with Crippen LogP contribution in [-0.2, 0) is 14.8 Å². The van der Waals surface area contributed by atoms with E-state index in [4.69, 9.17) is 4.74 Å². The molecule has 0 bridgehead atoms. The highest BCUT2D eigenvalue weighted by Crippen LogP contribution is 2.28. The molecule has 0 spiro atoms. The lowest BCUT2D eigenvalue weighted by Crippen LogP contribution is -2.50. The van der Waals surface area contributed by atoms with E-state index in [0.29, 0.717) is 12.2 Å². The summed E-state index contributed by atoms with van der Waals surface area (Å²) in [6.07, 6.45) is 0.702. The Bertz CT molecular complexity index is 995.